The van der Waals surface area contributed by atoms with Crippen LogP contribution in [0, 0.1) is 10.1 Å². The second-order valence-electron chi connectivity index (χ2n) is 4.31. The van der Waals surface area contributed by atoms with Crippen molar-refractivity contribution < 1.29 is 9.72 Å². The number of carbonyl (C=O) groups is 1. The van der Waals surface area contributed by atoms with Crippen LogP contribution in [0.5, 0.6) is 0 Å². The Hall–Kier alpha value is -2.15. The van der Waals surface area contributed by atoms with Gasteiger partial charge in [-0.25, -0.2) is 0 Å². The number of hydrogen-bond donors (Lipinski definition) is 2. The van der Waals surface area contributed by atoms with E-state index in [1.165, 1.54) is 6.07 Å². The molecule has 1 aromatic rings. The van der Waals surface area contributed by atoms with Crippen LogP contribution in [-0.4, -0.2) is 42.9 Å². The Kier molecular flexibility index (Phi) is 5.25. The summed E-state index contributed by atoms with van der Waals surface area (Å²) in [5, 5.41) is 16.5. The molecule has 0 unspecified atom stereocenters. The number of benzene rings is 1. The van der Waals surface area contributed by atoms with E-state index in [4.69, 9.17) is 0 Å². The van der Waals surface area contributed by atoms with Gasteiger partial charge in [-0.3, -0.25) is 14.9 Å². The molecule has 0 aromatic heterocycles. The molecule has 0 aliphatic rings. The second kappa shape index (κ2) is 6.69. The molecule has 1 rings (SSSR count). The second-order valence-corrected chi connectivity index (χ2v) is 4.31. The van der Waals surface area contributed by atoms with Gasteiger partial charge in [0.2, 0.25) is 5.91 Å². The monoisotopic (exact) mass is 266 g/mol. The maximum Gasteiger partial charge on any atom is 0.294 e. The van der Waals surface area contributed by atoms with E-state index < -0.39 is 4.92 Å². The van der Waals surface area contributed by atoms with Gasteiger partial charge in [0.25, 0.3) is 5.69 Å². The first-order chi connectivity index (χ1) is 8.93. The van der Waals surface area contributed by atoms with Crippen molar-refractivity contribution in [3.05, 3.63) is 28.3 Å². The van der Waals surface area contributed by atoms with Gasteiger partial charge < -0.3 is 15.5 Å². The van der Waals surface area contributed by atoms with Gasteiger partial charge >= 0.3 is 0 Å². The Labute approximate surface area is 111 Å². The molecule has 0 heterocycles. The summed E-state index contributed by atoms with van der Waals surface area (Å²) in [5.74, 6) is -0.213. The molecule has 104 valence electrons. The molecule has 0 saturated carbocycles. The van der Waals surface area contributed by atoms with Crippen LogP contribution in [0.1, 0.15) is 6.92 Å². The summed E-state index contributed by atoms with van der Waals surface area (Å²) in [6.07, 6.45) is 0. The Bertz CT molecular complexity index is 474. The molecule has 0 spiro atoms. The van der Waals surface area contributed by atoms with Crippen molar-refractivity contribution in [2.45, 2.75) is 6.92 Å². The number of nitrogens with zero attached hydrogens (tertiary/aromatic N) is 2. The highest BCUT2D eigenvalue weighted by Gasteiger charge is 2.15. The van der Waals surface area contributed by atoms with Gasteiger partial charge in [0, 0.05) is 18.3 Å². The number of likely N-dealkylation sites (N-methyl/N-ethyl adjacent to an activating group) is 1. The summed E-state index contributed by atoms with van der Waals surface area (Å²) < 4.78 is 0. The number of carbonyl (C=O) groups excluding carboxylic acids is 1. The molecule has 0 aliphatic carbocycles. The molecule has 0 fully saturated rings. The molecule has 7 heteroatoms. The minimum Gasteiger partial charge on any atom is -0.380 e. The number of nitrogens with one attached hydrogen (secondary N) is 2. The zero-order chi connectivity index (χ0) is 14.4. The van der Waals surface area contributed by atoms with Crippen molar-refractivity contribution in [1.29, 1.82) is 0 Å². The van der Waals surface area contributed by atoms with E-state index in [-0.39, 0.29) is 18.1 Å². The van der Waals surface area contributed by atoms with Gasteiger partial charge in [-0.1, -0.05) is 0 Å². The van der Waals surface area contributed by atoms with Crippen LogP contribution < -0.4 is 10.6 Å². The van der Waals surface area contributed by atoms with Crippen LogP contribution in [0.2, 0.25) is 0 Å². The van der Waals surface area contributed by atoms with Gasteiger partial charge in [0.15, 0.2) is 0 Å². The van der Waals surface area contributed by atoms with E-state index in [0.29, 0.717) is 17.9 Å². The molecule has 0 bridgehead atoms. The minimum atomic E-state index is -0.473. The minimum absolute atomic E-state index is 0.0514. The Balaban J connectivity index is 2.89. The zero-order valence-electron chi connectivity index (χ0n) is 11.3. The van der Waals surface area contributed by atoms with E-state index in [0.717, 1.165) is 0 Å². The van der Waals surface area contributed by atoms with Crippen molar-refractivity contribution in [2.75, 3.05) is 37.8 Å². The van der Waals surface area contributed by atoms with E-state index in [1.54, 1.807) is 31.1 Å². The lowest BCUT2D eigenvalue weighted by Gasteiger charge is -2.11. The van der Waals surface area contributed by atoms with Crippen LogP contribution in [0.4, 0.5) is 17.1 Å². The summed E-state index contributed by atoms with van der Waals surface area (Å²) >= 11 is 0. The SMILES string of the molecule is CCNc1ccc(NC(=O)CN(C)C)cc1[N+](=O)[O-]. The number of nitro groups is 1. The average molecular weight is 266 g/mol. The maximum absolute atomic E-state index is 11.6. The largest absolute Gasteiger partial charge is 0.380 e. The molecule has 19 heavy (non-hydrogen) atoms. The van der Waals surface area contributed by atoms with Crippen LogP contribution in [0.25, 0.3) is 0 Å². The lowest BCUT2D eigenvalue weighted by atomic mass is 10.2. The van der Waals surface area contributed by atoms with Crippen molar-refractivity contribution >= 4 is 23.0 Å². The average Bonchev–Trinajstić information content (AvgIpc) is 2.30. The van der Waals surface area contributed by atoms with Crippen molar-refractivity contribution in [2.24, 2.45) is 0 Å². The Morgan fingerprint density at radius 1 is 1.42 bits per heavy atom. The molecule has 1 aromatic carbocycles. The number of amides is 1. The molecule has 7 nitrogen and oxygen atoms in total. The quantitative estimate of drug-likeness (QED) is 0.602. The topological polar surface area (TPSA) is 87.5 Å². The van der Waals surface area contributed by atoms with Gasteiger partial charge in [0.05, 0.1) is 11.5 Å². The predicted molar refractivity (Wildman–Crippen MR) is 74.4 cm³/mol. The van der Waals surface area contributed by atoms with Crippen LogP contribution in [-0.2, 0) is 4.79 Å². The van der Waals surface area contributed by atoms with Crippen LogP contribution in [0.3, 0.4) is 0 Å². The van der Waals surface area contributed by atoms with Crippen LogP contribution >= 0.6 is 0 Å². The maximum atomic E-state index is 11.6. The smallest absolute Gasteiger partial charge is 0.294 e. The molecule has 0 saturated heterocycles. The van der Waals surface area contributed by atoms with Crippen molar-refractivity contribution in [3.63, 3.8) is 0 Å². The highest BCUT2D eigenvalue weighted by atomic mass is 16.6. The molecule has 0 aliphatic heterocycles. The summed E-state index contributed by atoms with van der Waals surface area (Å²) in [7, 11) is 3.55. The third kappa shape index (κ3) is 4.55. The number of hydrogen-bond acceptors (Lipinski definition) is 5. The van der Waals surface area contributed by atoms with E-state index >= 15 is 0 Å². The number of nitro benzene ring substituents is 1. The van der Waals surface area contributed by atoms with Crippen molar-refractivity contribution in [3.8, 4) is 0 Å². The highest BCUT2D eigenvalue weighted by Crippen LogP contribution is 2.27. The number of rotatable bonds is 6. The molecular formula is C12H18N4O3. The molecule has 2 N–H and O–H groups in total. The standard InChI is InChI=1S/C12H18N4O3/c1-4-13-10-6-5-9(7-11(10)16(18)19)14-12(17)8-15(2)3/h5-7,13H,4,8H2,1-3H3,(H,14,17). The normalized spacial score (nSPS) is 10.3. The van der Waals surface area contributed by atoms with E-state index in [1.807, 2.05) is 6.92 Å². The predicted octanol–water partition coefficient (Wildman–Crippen LogP) is 1.53. The first-order valence-corrected chi connectivity index (χ1v) is 5.91. The fraction of sp³-hybridized carbons (Fsp3) is 0.417. The van der Waals surface area contributed by atoms with Gasteiger partial charge in [-0.05, 0) is 33.2 Å². The van der Waals surface area contributed by atoms with E-state index in [9.17, 15) is 14.9 Å². The molecular weight excluding hydrogens is 248 g/mol. The third-order valence-electron chi connectivity index (χ3n) is 2.31. The first kappa shape index (κ1) is 14.9. The zero-order valence-corrected chi connectivity index (χ0v) is 11.3. The lowest BCUT2D eigenvalue weighted by molar-refractivity contribution is -0.383. The third-order valence-corrected chi connectivity index (χ3v) is 2.31. The van der Waals surface area contributed by atoms with E-state index in [2.05, 4.69) is 10.6 Å². The lowest BCUT2D eigenvalue weighted by Crippen LogP contribution is -2.27. The Morgan fingerprint density at radius 3 is 2.63 bits per heavy atom. The van der Waals surface area contributed by atoms with Gasteiger partial charge in [-0.15, -0.1) is 0 Å². The number of anilines is 2. The molecule has 0 radical (unpaired) electrons. The van der Waals surface area contributed by atoms with Gasteiger partial charge in [-0.2, -0.15) is 0 Å². The fourth-order valence-electron chi connectivity index (χ4n) is 1.59. The summed E-state index contributed by atoms with van der Waals surface area (Å²) in [4.78, 5) is 23.8. The molecule has 0 atom stereocenters. The first-order valence-electron chi connectivity index (χ1n) is 5.91. The van der Waals surface area contributed by atoms with Gasteiger partial charge in [0.1, 0.15) is 5.69 Å². The summed E-state index contributed by atoms with van der Waals surface area (Å²) in [6.45, 7) is 2.67. The summed E-state index contributed by atoms with van der Waals surface area (Å²) in [5.41, 5.74) is 0.808. The van der Waals surface area contributed by atoms with Crippen molar-refractivity contribution in [1.82, 2.24) is 4.90 Å². The Morgan fingerprint density at radius 2 is 2.11 bits per heavy atom. The van der Waals surface area contributed by atoms with Crippen LogP contribution in [0.15, 0.2) is 18.2 Å². The fourth-order valence-corrected chi connectivity index (χ4v) is 1.59. The summed E-state index contributed by atoms with van der Waals surface area (Å²) in [6, 6.07) is 4.58. The highest BCUT2D eigenvalue weighted by molar-refractivity contribution is 5.93. The molecule has 1 amide bonds.